The van der Waals surface area contributed by atoms with Gasteiger partial charge in [-0.1, -0.05) is 0 Å². The first-order valence-corrected chi connectivity index (χ1v) is 12.0. The van der Waals surface area contributed by atoms with Crippen LogP contribution in [0.1, 0.15) is 60.6 Å². The van der Waals surface area contributed by atoms with Crippen LogP contribution in [0.3, 0.4) is 0 Å². The molecule has 0 spiro atoms. The van der Waals surface area contributed by atoms with Crippen molar-refractivity contribution in [3.05, 3.63) is 21.4 Å². The first kappa shape index (κ1) is 28.0. The molecule has 0 aromatic carbocycles. The molecule has 0 saturated heterocycles. The summed E-state index contributed by atoms with van der Waals surface area (Å²) in [5, 5.41) is -1.63. The summed E-state index contributed by atoms with van der Waals surface area (Å²) < 4.78 is 19.9. The number of rotatable bonds is 11. The Morgan fingerprint density at radius 3 is 2.19 bits per heavy atom. The SMILES string of the molecule is CCOC(=O)c1cc(C)c(CCC(CC(=O)OC(C)(C)C)SC(C(=O)OC)C(=O)OC)s1. The Balaban J connectivity index is 3.02. The smallest absolute Gasteiger partial charge is 0.348 e. The lowest BCUT2D eigenvalue weighted by Crippen LogP contribution is -2.33. The van der Waals surface area contributed by atoms with Gasteiger partial charge in [-0.25, -0.2) is 4.79 Å². The molecule has 1 heterocycles. The summed E-state index contributed by atoms with van der Waals surface area (Å²) in [6.07, 6.45) is 1.02. The molecule has 180 valence electrons. The van der Waals surface area contributed by atoms with Crippen molar-refractivity contribution < 1.29 is 38.1 Å². The fraction of sp³-hybridized carbons (Fsp3) is 0.636. The minimum Gasteiger partial charge on any atom is -0.468 e. The summed E-state index contributed by atoms with van der Waals surface area (Å²) in [6.45, 7) is 9.25. The van der Waals surface area contributed by atoms with Crippen molar-refractivity contribution in [2.24, 2.45) is 0 Å². The van der Waals surface area contributed by atoms with Gasteiger partial charge in [-0.15, -0.1) is 23.1 Å². The van der Waals surface area contributed by atoms with Crippen LogP contribution in [-0.4, -0.2) is 60.8 Å². The van der Waals surface area contributed by atoms with Gasteiger partial charge in [-0.3, -0.25) is 14.4 Å². The van der Waals surface area contributed by atoms with Crippen molar-refractivity contribution in [2.75, 3.05) is 20.8 Å². The standard InChI is InChI=1S/C22H32O8S2/c1-8-29-19(24)16-11-13(2)15(32-16)10-9-14(12-17(23)30-22(3,4)5)31-18(20(25)27-6)21(26)28-7/h11,14,18H,8-10,12H2,1-7H3. The summed E-state index contributed by atoms with van der Waals surface area (Å²) in [4.78, 5) is 50.2. The van der Waals surface area contributed by atoms with E-state index in [2.05, 4.69) is 0 Å². The van der Waals surface area contributed by atoms with Crippen LogP contribution in [0.25, 0.3) is 0 Å². The summed E-state index contributed by atoms with van der Waals surface area (Å²) in [7, 11) is 2.38. The molecule has 8 nitrogen and oxygen atoms in total. The number of ether oxygens (including phenoxy) is 4. The van der Waals surface area contributed by atoms with Crippen LogP contribution in [0.2, 0.25) is 0 Å². The number of aryl methyl sites for hydroxylation is 2. The number of carbonyl (C=O) groups excluding carboxylic acids is 4. The van der Waals surface area contributed by atoms with E-state index >= 15 is 0 Å². The fourth-order valence-electron chi connectivity index (χ4n) is 2.76. The van der Waals surface area contributed by atoms with Gasteiger partial charge >= 0.3 is 23.9 Å². The third-order valence-electron chi connectivity index (χ3n) is 4.16. The van der Waals surface area contributed by atoms with Gasteiger partial charge in [0, 0.05) is 10.1 Å². The molecule has 0 aliphatic heterocycles. The Morgan fingerprint density at radius 2 is 1.69 bits per heavy atom. The number of esters is 4. The fourth-order valence-corrected chi connectivity index (χ4v) is 5.13. The first-order valence-electron chi connectivity index (χ1n) is 10.2. The molecule has 10 heteroatoms. The van der Waals surface area contributed by atoms with E-state index in [0.29, 0.717) is 24.3 Å². The molecule has 0 aliphatic carbocycles. The normalized spacial score (nSPS) is 12.2. The van der Waals surface area contributed by atoms with Crippen molar-refractivity contribution in [2.45, 2.75) is 70.0 Å². The Bertz CT molecular complexity index is 793. The Morgan fingerprint density at radius 1 is 1.09 bits per heavy atom. The highest BCUT2D eigenvalue weighted by Crippen LogP contribution is 2.31. The van der Waals surface area contributed by atoms with Crippen molar-refractivity contribution in [1.29, 1.82) is 0 Å². The number of hydrogen-bond donors (Lipinski definition) is 0. The molecule has 0 saturated carbocycles. The second-order valence-corrected chi connectivity index (χ2v) is 10.5. The number of thioether (sulfide) groups is 1. The molecule has 1 aromatic rings. The lowest BCUT2D eigenvalue weighted by atomic mass is 10.1. The van der Waals surface area contributed by atoms with E-state index in [9.17, 15) is 19.2 Å². The van der Waals surface area contributed by atoms with Gasteiger partial charge in [0.25, 0.3) is 0 Å². The molecule has 0 radical (unpaired) electrons. The van der Waals surface area contributed by atoms with E-state index in [1.165, 1.54) is 25.6 Å². The number of hydrogen-bond acceptors (Lipinski definition) is 10. The topological polar surface area (TPSA) is 105 Å². The molecule has 0 fully saturated rings. The monoisotopic (exact) mass is 488 g/mol. The number of thiophene rings is 1. The molecule has 1 rings (SSSR count). The lowest BCUT2D eigenvalue weighted by molar-refractivity contribution is -0.155. The quantitative estimate of drug-likeness (QED) is 0.262. The molecular formula is C22H32O8S2. The van der Waals surface area contributed by atoms with Crippen LogP contribution in [0.5, 0.6) is 0 Å². The highest BCUT2D eigenvalue weighted by Gasteiger charge is 2.34. The van der Waals surface area contributed by atoms with Gasteiger partial charge in [0.1, 0.15) is 10.5 Å². The Labute approximate surface area is 197 Å². The van der Waals surface area contributed by atoms with E-state index in [1.54, 1.807) is 33.8 Å². The number of carbonyl (C=O) groups is 4. The Kier molecular flexibility index (Phi) is 11.2. The lowest BCUT2D eigenvalue weighted by Gasteiger charge is -2.23. The molecule has 1 atom stereocenters. The maximum Gasteiger partial charge on any atom is 0.348 e. The zero-order valence-electron chi connectivity index (χ0n) is 19.6. The van der Waals surface area contributed by atoms with Gasteiger partial charge in [-0.2, -0.15) is 0 Å². The molecular weight excluding hydrogens is 456 g/mol. The van der Waals surface area contributed by atoms with E-state index in [1.807, 2.05) is 6.92 Å². The predicted molar refractivity (Wildman–Crippen MR) is 123 cm³/mol. The number of methoxy groups -OCH3 is 2. The Hall–Kier alpha value is -2.07. The summed E-state index contributed by atoms with van der Waals surface area (Å²) >= 11 is 2.35. The van der Waals surface area contributed by atoms with E-state index in [0.717, 1.165) is 22.2 Å². The molecule has 0 bridgehead atoms. The van der Waals surface area contributed by atoms with Gasteiger partial charge in [0.15, 0.2) is 5.25 Å². The average molecular weight is 489 g/mol. The maximum absolute atomic E-state index is 12.4. The maximum atomic E-state index is 12.4. The van der Waals surface area contributed by atoms with Gasteiger partial charge in [0.05, 0.1) is 27.2 Å². The molecule has 0 N–H and O–H groups in total. The molecule has 0 amide bonds. The minimum absolute atomic E-state index is 0.00157. The third-order valence-corrected chi connectivity index (χ3v) is 6.89. The van der Waals surface area contributed by atoms with Gasteiger partial charge in [-0.05, 0) is 59.1 Å². The van der Waals surface area contributed by atoms with Crippen LogP contribution < -0.4 is 0 Å². The molecule has 1 unspecified atom stereocenters. The van der Waals surface area contributed by atoms with Crippen molar-refractivity contribution in [1.82, 2.24) is 0 Å². The summed E-state index contributed by atoms with van der Waals surface area (Å²) in [5.74, 6) is -2.29. The zero-order chi connectivity index (χ0) is 24.5. The largest absolute Gasteiger partial charge is 0.468 e. The van der Waals surface area contributed by atoms with Crippen LogP contribution in [0, 0.1) is 6.92 Å². The highest BCUT2D eigenvalue weighted by molar-refractivity contribution is 8.01. The predicted octanol–water partition coefficient (Wildman–Crippen LogP) is 3.71. The van der Waals surface area contributed by atoms with Crippen molar-refractivity contribution >= 4 is 47.0 Å². The van der Waals surface area contributed by atoms with Crippen LogP contribution in [-0.2, 0) is 39.8 Å². The van der Waals surface area contributed by atoms with Crippen molar-refractivity contribution in [3.63, 3.8) is 0 Å². The zero-order valence-corrected chi connectivity index (χ0v) is 21.3. The van der Waals surface area contributed by atoms with E-state index < -0.39 is 34.0 Å². The highest BCUT2D eigenvalue weighted by atomic mass is 32.2. The third kappa shape index (κ3) is 9.20. The summed E-state index contributed by atoms with van der Waals surface area (Å²) in [6, 6.07) is 1.78. The van der Waals surface area contributed by atoms with Crippen LogP contribution in [0.15, 0.2) is 6.07 Å². The molecule has 1 aromatic heterocycles. The van der Waals surface area contributed by atoms with E-state index in [4.69, 9.17) is 18.9 Å². The summed E-state index contributed by atoms with van der Waals surface area (Å²) in [5.41, 5.74) is 0.284. The second kappa shape index (κ2) is 12.8. The molecule has 32 heavy (non-hydrogen) atoms. The average Bonchev–Trinajstić information content (AvgIpc) is 3.08. The van der Waals surface area contributed by atoms with Crippen LogP contribution in [0.4, 0.5) is 0 Å². The van der Waals surface area contributed by atoms with Gasteiger partial charge in [0.2, 0.25) is 0 Å². The minimum atomic E-state index is -1.21. The second-order valence-electron chi connectivity index (χ2n) is 7.95. The van der Waals surface area contributed by atoms with Gasteiger partial charge < -0.3 is 18.9 Å². The first-order chi connectivity index (χ1) is 14.9. The molecule has 0 aliphatic rings. The van der Waals surface area contributed by atoms with Crippen LogP contribution >= 0.6 is 23.1 Å². The van der Waals surface area contributed by atoms with Crippen molar-refractivity contribution in [3.8, 4) is 0 Å². The van der Waals surface area contributed by atoms with E-state index in [-0.39, 0.29) is 12.4 Å².